The minimum absolute atomic E-state index is 0. The van der Waals surface area contributed by atoms with E-state index in [-0.39, 0.29) is 30.7 Å². The highest BCUT2D eigenvalue weighted by molar-refractivity contribution is 6.34. The molecule has 0 unspecified atom stereocenters. The van der Waals surface area contributed by atoms with Crippen LogP contribution in [0.5, 0.6) is 0 Å². The molecule has 9 heteroatoms. The first kappa shape index (κ1) is 28.5. The second-order valence-electron chi connectivity index (χ2n) is 8.99. The van der Waals surface area contributed by atoms with Crippen molar-refractivity contribution >= 4 is 69.7 Å². The van der Waals surface area contributed by atoms with E-state index in [0.717, 1.165) is 65.5 Å². The highest BCUT2D eigenvalue weighted by atomic mass is 35.5. The Kier molecular flexibility index (Phi) is 9.58. The standard InChI is InChI=1S/C28H26ClN5O.2ClH/c1-33-10-12-34(13-11-33)28(35)23-6-5-21-14-19(2-4-22(21)16-23)8-9-31-27-24-15-20(17-30)3-7-26(24)32-18-25(27)29;;/h2-7,14-16,18H,8-13H2,1H3,(H,31,32);2*1H. The Balaban J connectivity index is 0.00000190. The molecular formula is C28H28Cl3N5O. The molecule has 0 saturated carbocycles. The summed E-state index contributed by atoms with van der Waals surface area (Å²) in [6.07, 6.45) is 2.44. The summed E-state index contributed by atoms with van der Waals surface area (Å²) in [5.41, 5.74) is 4.09. The van der Waals surface area contributed by atoms with E-state index in [1.54, 1.807) is 12.3 Å². The number of piperazine rings is 1. The molecule has 0 spiro atoms. The summed E-state index contributed by atoms with van der Waals surface area (Å²) < 4.78 is 0. The maximum atomic E-state index is 12.9. The topological polar surface area (TPSA) is 72.3 Å². The number of fused-ring (bicyclic) bond motifs is 2. The van der Waals surface area contributed by atoms with Crippen molar-refractivity contribution in [2.75, 3.05) is 45.1 Å². The SMILES string of the molecule is CN1CCN(C(=O)c2ccc3cc(CCNc4c(Cl)cnc5ccc(C#N)cc45)ccc3c2)CC1.Cl.Cl. The quantitative estimate of drug-likeness (QED) is 0.336. The maximum Gasteiger partial charge on any atom is 0.253 e. The second kappa shape index (κ2) is 12.4. The summed E-state index contributed by atoms with van der Waals surface area (Å²) in [5, 5.41) is 16.2. The molecular weight excluding hydrogens is 529 g/mol. The lowest BCUT2D eigenvalue weighted by Crippen LogP contribution is -2.47. The van der Waals surface area contributed by atoms with Gasteiger partial charge in [0.1, 0.15) is 0 Å². The number of hydrogen-bond acceptors (Lipinski definition) is 5. The van der Waals surface area contributed by atoms with Crippen molar-refractivity contribution in [3.63, 3.8) is 0 Å². The molecule has 37 heavy (non-hydrogen) atoms. The number of benzene rings is 3. The number of nitrogens with one attached hydrogen (secondary N) is 1. The van der Waals surface area contributed by atoms with Crippen LogP contribution in [-0.2, 0) is 6.42 Å². The average Bonchev–Trinajstić information content (AvgIpc) is 2.89. The van der Waals surface area contributed by atoms with Crippen molar-refractivity contribution in [2.24, 2.45) is 0 Å². The van der Waals surface area contributed by atoms with Crippen LogP contribution < -0.4 is 5.32 Å². The molecule has 1 amide bonds. The molecule has 1 aliphatic rings. The average molecular weight is 557 g/mol. The lowest BCUT2D eigenvalue weighted by Gasteiger charge is -2.32. The number of likely N-dealkylation sites (N-methyl/N-ethyl adjacent to an activating group) is 1. The van der Waals surface area contributed by atoms with E-state index in [1.807, 2.05) is 35.2 Å². The Bertz CT molecular complexity index is 1460. The normalized spacial score (nSPS) is 13.5. The van der Waals surface area contributed by atoms with Gasteiger partial charge in [0, 0.05) is 49.9 Å². The predicted octanol–water partition coefficient (Wildman–Crippen LogP) is 5.80. The zero-order chi connectivity index (χ0) is 24.4. The third-order valence-corrected chi connectivity index (χ3v) is 6.89. The molecule has 4 aromatic rings. The predicted molar refractivity (Wildman–Crippen MR) is 156 cm³/mol. The third kappa shape index (κ3) is 6.26. The Morgan fingerprint density at radius 3 is 2.51 bits per heavy atom. The van der Waals surface area contributed by atoms with Gasteiger partial charge < -0.3 is 15.1 Å². The van der Waals surface area contributed by atoms with Gasteiger partial charge in [-0.1, -0.05) is 35.9 Å². The number of rotatable bonds is 5. The van der Waals surface area contributed by atoms with Gasteiger partial charge >= 0.3 is 0 Å². The fourth-order valence-corrected chi connectivity index (χ4v) is 4.74. The first-order valence-electron chi connectivity index (χ1n) is 11.7. The van der Waals surface area contributed by atoms with Gasteiger partial charge in [-0.25, -0.2) is 0 Å². The summed E-state index contributed by atoms with van der Waals surface area (Å²) in [7, 11) is 2.09. The first-order chi connectivity index (χ1) is 17.0. The highest BCUT2D eigenvalue weighted by Crippen LogP contribution is 2.30. The third-order valence-electron chi connectivity index (χ3n) is 6.61. The summed E-state index contributed by atoms with van der Waals surface area (Å²) in [5.74, 6) is 0.106. The van der Waals surface area contributed by atoms with E-state index in [2.05, 4.69) is 46.5 Å². The van der Waals surface area contributed by atoms with Gasteiger partial charge in [0.25, 0.3) is 5.91 Å². The fraction of sp³-hybridized carbons (Fsp3) is 0.250. The monoisotopic (exact) mass is 555 g/mol. The molecule has 6 nitrogen and oxygen atoms in total. The number of amides is 1. The minimum atomic E-state index is 0. The molecule has 5 rings (SSSR count). The van der Waals surface area contributed by atoms with Gasteiger partial charge in [0.05, 0.1) is 27.9 Å². The van der Waals surface area contributed by atoms with Crippen molar-refractivity contribution in [3.05, 3.63) is 82.5 Å². The van der Waals surface area contributed by atoms with Crippen LogP contribution in [-0.4, -0.2) is 60.5 Å². The zero-order valence-electron chi connectivity index (χ0n) is 20.4. The van der Waals surface area contributed by atoms with Gasteiger partial charge in [0.15, 0.2) is 0 Å². The molecule has 1 N–H and O–H groups in total. The van der Waals surface area contributed by atoms with Crippen molar-refractivity contribution in [1.82, 2.24) is 14.8 Å². The number of pyridine rings is 1. The maximum absolute atomic E-state index is 12.9. The largest absolute Gasteiger partial charge is 0.383 e. The molecule has 2 heterocycles. The van der Waals surface area contributed by atoms with E-state index in [9.17, 15) is 10.1 Å². The molecule has 3 aromatic carbocycles. The lowest BCUT2D eigenvalue weighted by atomic mass is 10.0. The molecule has 0 atom stereocenters. The van der Waals surface area contributed by atoms with Crippen LogP contribution >= 0.6 is 36.4 Å². The van der Waals surface area contributed by atoms with E-state index in [1.165, 1.54) is 5.56 Å². The van der Waals surface area contributed by atoms with Crippen LogP contribution in [0.15, 0.2) is 60.8 Å². The molecule has 0 radical (unpaired) electrons. The molecule has 1 aliphatic heterocycles. The minimum Gasteiger partial charge on any atom is -0.383 e. The Labute approximate surface area is 234 Å². The second-order valence-corrected chi connectivity index (χ2v) is 9.40. The molecule has 0 bridgehead atoms. The van der Waals surface area contributed by atoms with Gasteiger partial charge in [-0.05, 0) is 60.1 Å². The number of halogens is 3. The van der Waals surface area contributed by atoms with Crippen LogP contribution in [0, 0.1) is 11.3 Å². The van der Waals surface area contributed by atoms with Crippen molar-refractivity contribution < 1.29 is 4.79 Å². The number of aromatic nitrogens is 1. The van der Waals surface area contributed by atoms with E-state index in [4.69, 9.17) is 11.6 Å². The number of nitrogens with zero attached hydrogens (tertiary/aromatic N) is 4. The number of anilines is 1. The Morgan fingerprint density at radius 1 is 1.03 bits per heavy atom. The molecule has 1 saturated heterocycles. The van der Waals surface area contributed by atoms with E-state index in [0.29, 0.717) is 17.1 Å². The van der Waals surface area contributed by atoms with Crippen LogP contribution in [0.2, 0.25) is 5.02 Å². The van der Waals surface area contributed by atoms with Gasteiger partial charge in [-0.3, -0.25) is 9.78 Å². The van der Waals surface area contributed by atoms with Crippen LogP contribution in [0.25, 0.3) is 21.7 Å². The highest BCUT2D eigenvalue weighted by Gasteiger charge is 2.20. The smallest absolute Gasteiger partial charge is 0.253 e. The number of carbonyl (C=O) groups is 1. The van der Waals surface area contributed by atoms with Crippen molar-refractivity contribution in [1.29, 1.82) is 5.26 Å². The summed E-state index contributed by atoms with van der Waals surface area (Å²) in [6, 6.07) is 19.9. The van der Waals surface area contributed by atoms with Gasteiger partial charge in [-0.2, -0.15) is 5.26 Å². The number of hydrogen-bond donors (Lipinski definition) is 1. The molecule has 0 aliphatic carbocycles. The Hall–Kier alpha value is -3.08. The Morgan fingerprint density at radius 2 is 1.76 bits per heavy atom. The number of carbonyl (C=O) groups excluding carboxylic acids is 1. The van der Waals surface area contributed by atoms with Crippen LogP contribution in [0.4, 0.5) is 5.69 Å². The van der Waals surface area contributed by atoms with Gasteiger partial charge in [-0.15, -0.1) is 24.8 Å². The van der Waals surface area contributed by atoms with Gasteiger partial charge in [0.2, 0.25) is 0 Å². The van der Waals surface area contributed by atoms with E-state index >= 15 is 0 Å². The van der Waals surface area contributed by atoms with Crippen LogP contribution in [0.3, 0.4) is 0 Å². The first-order valence-corrected chi connectivity index (χ1v) is 12.1. The zero-order valence-corrected chi connectivity index (χ0v) is 22.8. The van der Waals surface area contributed by atoms with Crippen LogP contribution in [0.1, 0.15) is 21.5 Å². The lowest BCUT2D eigenvalue weighted by molar-refractivity contribution is 0.0664. The molecule has 1 aromatic heterocycles. The van der Waals surface area contributed by atoms with Crippen molar-refractivity contribution in [2.45, 2.75) is 6.42 Å². The summed E-state index contributed by atoms with van der Waals surface area (Å²) >= 11 is 6.42. The summed E-state index contributed by atoms with van der Waals surface area (Å²) in [6.45, 7) is 4.05. The fourth-order valence-electron chi connectivity index (χ4n) is 4.53. The number of nitriles is 1. The van der Waals surface area contributed by atoms with E-state index < -0.39 is 0 Å². The summed E-state index contributed by atoms with van der Waals surface area (Å²) in [4.78, 5) is 21.5. The molecule has 192 valence electrons. The van der Waals surface area contributed by atoms with Crippen molar-refractivity contribution in [3.8, 4) is 6.07 Å². The molecule has 1 fully saturated rings.